The van der Waals surface area contributed by atoms with Crippen LogP contribution >= 0.6 is 11.6 Å². The van der Waals surface area contributed by atoms with E-state index in [9.17, 15) is 14.4 Å². The number of nitrogens with zero attached hydrogens (tertiary/aromatic N) is 3. The van der Waals surface area contributed by atoms with Crippen molar-refractivity contribution >= 4 is 40.4 Å². The van der Waals surface area contributed by atoms with Crippen LogP contribution in [0, 0.1) is 0 Å². The summed E-state index contributed by atoms with van der Waals surface area (Å²) in [4.78, 5) is 31.4. The zero-order chi connectivity index (χ0) is 15.8. The lowest BCUT2D eigenvalue weighted by Gasteiger charge is -1.93. The fraction of sp³-hybridized carbons (Fsp3) is 0.182. The molecule has 0 radical (unpaired) electrons. The topological polar surface area (TPSA) is 122 Å². The van der Waals surface area contributed by atoms with Gasteiger partial charge in [-0.15, -0.1) is 5.10 Å². The molecule has 112 valence electrons. The predicted octanol–water partition coefficient (Wildman–Crippen LogP) is 1.42. The van der Waals surface area contributed by atoms with E-state index in [-0.39, 0.29) is 11.8 Å². The monoisotopic (exact) mass is 312 g/mol. The lowest BCUT2D eigenvalue weighted by Crippen LogP contribution is -2.08. The van der Waals surface area contributed by atoms with Crippen LogP contribution in [0.4, 0.5) is 16.4 Å². The van der Waals surface area contributed by atoms with Gasteiger partial charge in [0.15, 0.2) is 5.82 Å². The Labute approximate surface area is 124 Å². The molecule has 0 aromatic carbocycles. The lowest BCUT2D eigenvalue weighted by molar-refractivity contribution is -0.115. The highest BCUT2D eigenvalue weighted by molar-refractivity contribution is 6.63. The van der Waals surface area contributed by atoms with E-state index in [1.807, 2.05) is 0 Å². The number of aromatic amines is 1. The van der Waals surface area contributed by atoms with Crippen molar-refractivity contribution in [2.45, 2.75) is 13.8 Å². The number of H-pyrrole nitrogens is 1. The van der Waals surface area contributed by atoms with Gasteiger partial charge in [-0.1, -0.05) is 0 Å². The van der Waals surface area contributed by atoms with Gasteiger partial charge in [-0.3, -0.25) is 19.5 Å². The number of rotatable bonds is 2. The van der Waals surface area contributed by atoms with Gasteiger partial charge in [0.05, 0.1) is 6.20 Å². The maximum absolute atomic E-state index is 10.5. The fourth-order valence-corrected chi connectivity index (χ4v) is 1.28. The molecule has 0 atom stereocenters. The van der Waals surface area contributed by atoms with Gasteiger partial charge in [0.2, 0.25) is 11.8 Å². The van der Waals surface area contributed by atoms with Crippen LogP contribution in [0.15, 0.2) is 24.5 Å². The Balaban J connectivity index is 0.000000219. The van der Waals surface area contributed by atoms with Crippen LogP contribution < -0.4 is 10.6 Å². The zero-order valence-electron chi connectivity index (χ0n) is 11.3. The van der Waals surface area contributed by atoms with E-state index >= 15 is 0 Å². The van der Waals surface area contributed by atoms with Crippen molar-refractivity contribution in [3.05, 3.63) is 24.5 Å². The molecule has 3 N–H and O–H groups in total. The summed E-state index contributed by atoms with van der Waals surface area (Å²) in [5, 5.41) is 14.1. The summed E-state index contributed by atoms with van der Waals surface area (Å²) in [6, 6.07) is 3.16. The van der Waals surface area contributed by atoms with E-state index in [1.165, 1.54) is 26.1 Å². The highest BCUT2D eigenvalue weighted by atomic mass is 35.5. The van der Waals surface area contributed by atoms with Crippen LogP contribution in [0.5, 0.6) is 0 Å². The van der Waals surface area contributed by atoms with Crippen molar-refractivity contribution in [3.8, 4) is 0 Å². The van der Waals surface area contributed by atoms with Gasteiger partial charge in [0, 0.05) is 32.2 Å². The molecule has 0 unspecified atom stereocenters. The Morgan fingerprint density at radius 2 is 1.86 bits per heavy atom. The van der Waals surface area contributed by atoms with Crippen LogP contribution in [0.25, 0.3) is 0 Å². The van der Waals surface area contributed by atoms with Crippen molar-refractivity contribution in [3.63, 3.8) is 0 Å². The lowest BCUT2D eigenvalue weighted by atomic mass is 10.6. The minimum absolute atomic E-state index is 0.0979. The van der Waals surface area contributed by atoms with Crippen LogP contribution in [0.2, 0.25) is 0 Å². The van der Waals surface area contributed by atoms with Gasteiger partial charge < -0.3 is 10.6 Å². The smallest absolute Gasteiger partial charge is 0.311 e. The molecule has 0 fully saturated rings. The third-order valence-corrected chi connectivity index (χ3v) is 2.06. The third-order valence-electron chi connectivity index (χ3n) is 1.88. The molecule has 2 rings (SSSR count). The van der Waals surface area contributed by atoms with Crippen molar-refractivity contribution in [2.24, 2.45) is 0 Å². The fourth-order valence-electron chi connectivity index (χ4n) is 1.18. The number of halogens is 1. The first-order valence-electron chi connectivity index (χ1n) is 5.68. The number of hydrogen-bond acceptors (Lipinski definition) is 5. The average Bonchev–Trinajstić information content (AvgIpc) is 2.99. The number of amides is 2. The number of carbonyl (C=O) groups is 3. The second kappa shape index (κ2) is 7.80. The molecule has 0 aliphatic heterocycles. The number of hydrogen-bond donors (Lipinski definition) is 3. The molecule has 2 aromatic heterocycles. The number of aromatic nitrogens is 4. The van der Waals surface area contributed by atoms with Gasteiger partial charge in [0.25, 0.3) is 0 Å². The summed E-state index contributed by atoms with van der Waals surface area (Å²) in [5.41, 5.74) is 0. The third kappa shape index (κ3) is 6.34. The van der Waals surface area contributed by atoms with Gasteiger partial charge in [-0.2, -0.15) is 9.78 Å². The highest BCUT2D eigenvalue weighted by Crippen LogP contribution is 2.02. The molecule has 2 amide bonds. The Morgan fingerprint density at radius 1 is 1.19 bits per heavy atom. The standard InChI is InChI=1S/C6H6ClN3O2.C5H7N3O/c1-4(11)8-5-2-3-10(9-5)6(7)12;1-4(9)7-5-2-3-6-8-5/h2-3H,1H3,(H,8,9,11);2-3H,1H3,(H2,6,7,8,9). The summed E-state index contributed by atoms with van der Waals surface area (Å²) >= 11 is 5.10. The molecule has 0 spiro atoms. The van der Waals surface area contributed by atoms with E-state index in [4.69, 9.17) is 11.6 Å². The zero-order valence-corrected chi connectivity index (χ0v) is 12.0. The van der Waals surface area contributed by atoms with Gasteiger partial charge >= 0.3 is 5.37 Å². The number of carbonyl (C=O) groups excluding carboxylic acids is 3. The minimum Gasteiger partial charge on any atom is -0.311 e. The van der Waals surface area contributed by atoms with Crippen LogP contribution in [0.3, 0.4) is 0 Å². The largest absolute Gasteiger partial charge is 0.340 e. The Hall–Kier alpha value is -2.68. The molecule has 0 bridgehead atoms. The second-order valence-electron chi connectivity index (χ2n) is 3.73. The summed E-state index contributed by atoms with van der Waals surface area (Å²) in [5.74, 6) is 0.584. The Morgan fingerprint density at radius 3 is 2.29 bits per heavy atom. The number of anilines is 2. The Bertz CT molecular complexity index is 622. The molecule has 0 aliphatic rings. The van der Waals surface area contributed by atoms with Crippen molar-refractivity contribution < 1.29 is 14.4 Å². The molecule has 21 heavy (non-hydrogen) atoms. The molecule has 2 aromatic rings. The average molecular weight is 313 g/mol. The molecule has 0 saturated heterocycles. The van der Waals surface area contributed by atoms with E-state index < -0.39 is 5.37 Å². The second-order valence-corrected chi connectivity index (χ2v) is 4.05. The SMILES string of the molecule is CC(=O)Nc1ccn(C(=O)Cl)n1.CC(=O)Nc1ccn[nH]1. The molecule has 10 heteroatoms. The van der Waals surface area contributed by atoms with E-state index in [0.29, 0.717) is 11.6 Å². The van der Waals surface area contributed by atoms with Gasteiger partial charge in [-0.05, 0) is 11.6 Å². The first kappa shape index (κ1) is 16.4. The van der Waals surface area contributed by atoms with Crippen LogP contribution in [0.1, 0.15) is 13.8 Å². The van der Waals surface area contributed by atoms with Crippen LogP contribution in [-0.4, -0.2) is 37.2 Å². The maximum atomic E-state index is 10.5. The number of nitrogens with one attached hydrogen (secondary N) is 3. The predicted molar refractivity (Wildman–Crippen MR) is 76.1 cm³/mol. The van der Waals surface area contributed by atoms with Crippen LogP contribution in [-0.2, 0) is 9.59 Å². The maximum Gasteiger partial charge on any atom is 0.340 e. The van der Waals surface area contributed by atoms with Gasteiger partial charge in [-0.25, -0.2) is 0 Å². The first-order valence-corrected chi connectivity index (χ1v) is 6.06. The molecular weight excluding hydrogens is 300 g/mol. The van der Waals surface area contributed by atoms with Crippen molar-refractivity contribution in [1.82, 2.24) is 20.0 Å². The highest BCUT2D eigenvalue weighted by Gasteiger charge is 2.03. The van der Waals surface area contributed by atoms with Crippen molar-refractivity contribution in [2.75, 3.05) is 10.6 Å². The normalized spacial score (nSPS) is 9.29. The quantitative estimate of drug-likeness (QED) is 0.724. The van der Waals surface area contributed by atoms with Gasteiger partial charge in [0.1, 0.15) is 5.82 Å². The molecular formula is C11H13ClN6O3. The van der Waals surface area contributed by atoms with E-state index in [0.717, 1.165) is 4.68 Å². The summed E-state index contributed by atoms with van der Waals surface area (Å²) < 4.78 is 0.923. The molecule has 0 saturated carbocycles. The first-order chi connectivity index (χ1) is 9.88. The summed E-state index contributed by atoms with van der Waals surface area (Å²) in [6.07, 6.45) is 2.94. The molecule has 9 nitrogen and oxygen atoms in total. The summed E-state index contributed by atoms with van der Waals surface area (Å²) in [7, 11) is 0. The minimum atomic E-state index is -0.716. The van der Waals surface area contributed by atoms with E-state index in [2.05, 4.69) is 25.9 Å². The molecule has 2 heterocycles. The Kier molecular flexibility index (Phi) is 6.08. The molecule has 0 aliphatic carbocycles. The van der Waals surface area contributed by atoms with E-state index in [1.54, 1.807) is 12.3 Å². The summed E-state index contributed by atoms with van der Waals surface area (Å²) in [6.45, 7) is 2.79. The van der Waals surface area contributed by atoms with Crippen molar-refractivity contribution in [1.29, 1.82) is 0 Å².